The zero-order valence-corrected chi connectivity index (χ0v) is 11.7. The maximum Gasteiger partial charge on any atom is 0.212 e. The predicted octanol–water partition coefficient (Wildman–Crippen LogP) is 4.15. The van der Waals surface area contributed by atoms with Crippen molar-refractivity contribution < 1.29 is 5.11 Å². The van der Waals surface area contributed by atoms with Crippen LogP contribution in [-0.4, -0.2) is 15.9 Å². The molecule has 0 amide bonds. The molecule has 0 fully saturated rings. The first-order chi connectivity index (χ1) is 8.72. The Kier molecular flexibility index (Phi) is 4.28. The maximum atomic E-state index is 10.0. The average molecular weight is 278 g/mol. The third-order valence-corrected chi connectivity index (χ3v) is 3.80. The molecule has 0 radical (unpaired) electrons. The molecule has 94 valence electrons. The van der Waals surface area contributed by atoms with Crippen molar-refractivity contribution >= 4 is 35.5 Å². The first kappa shape index (κ1) is 13.0. The van der Waals surface area contributed by atoms with E-state index in [-0.39, 0.29) is 5.88 Å². The second-order valence-electron chi connectivity index (χ2n) is 3.80. The van der Waals surface area contributed by atoms with Crippen molar-refractivity contribution in [2.24, 2.45) is 4.99 Å². The minimum Gasteiger partial charge on any atom is -0.493 e. The van der Waals surface area contributed by atoms with E-state index in [4.69, 9.17) is 12.2 Å². The van der Waals surface area contributed by atoms with E-state index in [2.05, 4.69) is 11.9 Å². The number of aromatic nitrogens is 1. The fourth-order valence-electron chi connectivity index (χ4n) is 1.57. The van der Waals surface area contributed by atoms with Crippen LogP contribution in [0.5, 0.6) is 5.88 Å². The summed E-state index contributed by atoms with van der Waals surface area (Å²) >= 11 is 6.60. The largest absolute Gasteiger partial charge is 0.493 e. The molecule has 0 aliphatic rings. The number of benzene rings is 1. The number of thiazole rings is 1. The van der Waals surface area contributed by atoms with Crippen LogP contribution in [0, 0.1) is 3.95 Å². The normalized spacial score (nSPS) is 11.2. The van der Waals surface area contributed by atoms with E-state index >= 15 is 0 Å². The zero-order valence-electron chi connectivity index (χ0n) is 10.0. The number of nitrogens with zero attached hydrogens (tertiary/aromatic N) is 2. The van der Waals surface area contributed by atoms with Gasteiger partial charge in [-0.2, -0.15) is 0 Å². The summed E-state index contributed by atoms with van der Waals surface area (Å²) in [6, 6.07) is 9.62. The third kappa shape index (κ3) is 2.86. The maximum absolute atomic E-state index is 10.0. The van der Waals surface area contributed by atoms with Gasteiger partial charge in [0, 0.05) is 6.54 Å². The van der Waals surface area contributed by atoms with Gasteiger partial charge in [-0.05, 0) is 30.8 Å². The van der Waals surface area contributed by atoms with E-state index in [0.717, 1.165) is 18.7 Å². The van der Waals surface area contributed by atoms with Crippen molar-refractivity contribution in [3.63, 3.8) is 0 Å². The smallest absolute Gasteiger partial charge is 0.212 e. The lowest BCUT2D eigenvalue weighted by Crippen LogP contribution is -1.95. The number of hydrogen-bond donors (Lipinski definition) is 1. The number of rotatable bonds is 4. The standard InChI is InChI=1S/C13H14N2OS2/c1-2-8-15-12(16)11(18-13(15)17)9-14-10-6-4-3-5-7-10/h3-7,9,16H,2,8H2,1H3. The molecule has 0 unspecified atom stereocenters. The van der Waals surface area contributed by atoms with Gasteiger partial charge in [-0.1, -0.05) is 36.5 Å². The van der Waals surface area contributed by atoms with Crippen LogP contribution < -0.4 is 0 Å². The van der Waals surface area contributed by atoms with E-state index in [1.54, 1.807) is 10.8 Å². The van der Waals surface area contributed by atoms with Gasteiger partial charge in [0.2, 0.25) is 5.88 Å². The highest BCUT2D eigenvalue weighted by molar-refractivity contribution is 7.73. The molecule has 0 bridgehead atoms. The van der Waals surface area contributed by atoms with Gasteiger partial charge < -0.3 is 5.11 Å². The third-order valence-electron chi connectivity index (χ3n) is 2.43. The highest BCUT2D eigenvalue weighted by Crippen LogP contribution is 2.25. The summed E-state index contributed by atoms with van der Waals surface area (Å²) in [7, 11) is 0. The molecule has 0 spiro atoms. The Morgan fingerprint density at radius 1 is 1.39 bits per heavy atom. The minimum atomic E-state index is 0.214. The lowest BCUT2D eigenvalue weighted by atomic mass is 10.3. The van der Waals surface area contributed by atoms with Crippen molar-refractivity contribution in [3.8, 4) is 5.88 Å². The highest BCUT2D eigenvalue weighted by Gasteiger charge is 2.08. The average Bonchev–Trinajstić information content (AvgIpc) is 2.66. The van der Waals surface area contributed by atoms with E-state index in [1.807, 2.05) is 30.3 Å². The Bertz CT molecular complexity index is 599. The van der Waals surface area contributed by atoms with Crippen LogP contribution in [0.3, 0.4) is 0 Å². The summed E-state index contributed by atoms with van der Waals surface area (Å²) < 4.78 is 2.43. The van der Waals surface area contributed by atoms with Crippen LogP contribution in [-0.2, 0) is 6.54 Å². The first-order valence-corrected chi connectivity index (χ1v) is 6.96. The van der Waals surface area contributed by atoms with Crippen LogP contribution in [0.1, 0.15) is 18.2 Å². The summed E-state index contributed by atoms with van der Waals surface area (Å²) in [6.45, 7) is 2.79. The minimum absolute atomic E-state index is 0.214. The van der Waals surface area contributed by atoms with Crippen molar-refractivity contribution in [1.29, 1.82) is 0 Å². The van der Waals surface area contributed by atoms with Gasteiger partial charge in [-0.3, -0.25) is 9.56 Å². The molecule has 1 aromatic carbocycles. The Hall–Kier alpha value is -1.46. The van der Waals surface area contributed by atoms with E-state index < -0.39 is 0 Å². The molecule has 2 aromatic rings. The van der Waals surface area contributed by atoms with Gasteiger partial charge in [0.05, 0.1) is 11.9 Å². The van der Waals surface area contributed by atoms with E-state index in [9.17, 15) is 5.11 Å². The fourth-order valence-corrected chi connectivity index (χ4v) is 2.80. The molecule has 1 N–H and O–H groups in total. The molecule has 3 nitrogen and oxygen atoms in total. The number of aliphatic imine (C=N–C) groups is 1. The summed E-state index contributed by atoms with van der Waals surface area (Å²) in [5, 5.41) is 10.0. The fraction of sp³-hybridized carbons (Fsp3) is 0.231. The zero-order chi connectivity index (χ0) is 13.0. The van der Waals surface area contributed by atoms with Gasteiger partial charge in [0.1, 0.15) is 4.88 Å². The summed E-state index contributed by atoms with van der Waals surface area (Å²) in [6.07, 6.45) is 2.60. The van der Waals surface area contributed by atoms with Crippen LogP contribution >= 0.6 is 23.6 Å². The Labute approximate surface area is 115 Å². The Balaban J connectivity index is 2.28. The lowest BCUT2D eigenvalue weighted by molar-refractivity contribution is 0.413. The number of para-hydroxylation sites is 1. The van der Waals surface area contributed by atoms with Gasteiger partial charge in [0.15, 0.2) is 3.95 Å². The highest BCUT2D eigenvalue weighted by atomic mass is 32.1. The molecule has 18 heavy (non-hydrogen) atoms. The van der Waals surface area contributed by atoms with Crippen LogP contribution in [0.4, 0.5) is 5.69 Å². The number of hydrogen-bond acceptors (Lipinski definition) is 4. The Morgan fingerprint density at radius 2 is 2.11 bits per heavy atom. The molecule has 0 saturated carbocycles. The quantitative estimate of drug-likeness (QED) is 0.674. The summed E-state index contributed by atoms with van der Waals surface area (Å²) in [4.78, 5) is 5.02. The molecule has 0 aliphatic carbocycles. The Morgan fingerprint density at radius 3 is 2.78 bits per heavy atom. The molecule has 5 heteroatoms. The molecule has 0 aliphatic heterocycles. The van der Waals surface area contributed by atoms with Crippen LogP contribution in [0.2, 0.25) is 0 Å². The van der Waals surface area contributed by atoms with Crippen LogP contribution in [0.15, 0.2) is 35.3 Å². The predicted molar refractivity (Wildman–Crippen MR) is 78.8 cm³/mol. The second kappa shape index (κ2) is 5.93. The van der Waals surface area contributed by atoms with Gasteiger partial charge in [-0.15, -0.1) is 0 Å². The molecular formula is C13H14N2OS2. The topological polar surface area (TPSA) is 37.5 Å². The van der Waals surface area contributed by atoms with Gasteiger partial charge >= 0.3 is 0 Å². The summed E-state index contributed by atoms with van der Waals surface area (Å²) in [5.74, 6) is 0.214. The monoisotopic (exact) mass is 278 g/mol. The van der Waals surface area contributed by atoms with Crippen LogP contribution in [0.25, 0.3) is 0 Å². The first-order valence-electron chi connectivity index (χ1n) is 5.74. The van der Waals surface area contributed by atoms with Crippen molar-refractivity contribution in [3.05, 3.63) is 39.2 Å². The van der Waals surface area contributed by atoms with Gasteiger partial charge in [-0.25, -0.2) is 0 Å². The van der Waals surface area contributed by atoms with Crippen molar-refractivity contribution in [2.45, 2.75) is 19.9 Å². The van der Waals surface area contributed by atoms with E-state index in [0.29, 0.717) is 8.83 Å². The molecule has 1 heterocycles. The molecular weight excluding hydrogens is 264 g/mol. The summed E-state index contributed by atoms with van der Waals surface area (Å²) in [5.41, 5.74) is 0.859. The number of aromatic hydroxyl groups is 1. The second-order valence-corrected chi connectivity index (χ2v) is 5.48. The van der Waals surface area contributed by atoms with Crippen molar-refractivity contribution in [2.75, 3.05) is 0 Å². The SMILES string of the molecule is CCCn1c(O)c(C=Nc2ccccc2)sc1=S. The van der Waals surface area contributed by atoms with E-state index in [1.165, 1.54) is 11.3 Å². The van der Waals surface area contributed by atoms with Gasteiger partial charge in [0.25, 0.3) is 0 Å². The molecule has 1 aromatic heterocycles. The molecule has 0 saturated heterocycles. The van der Waals surface area contributed by atoms with Crippen molar-refractivity contribution in [1.82, 2.24) is 4.57 Å². The molecule has 2 rings (SSSR count). The molecule has 0 atom stereocenters. The lowest BCUT2D eigenvalue weighted by Gasteiger charge is -2.00.